The first-order chi connectivity index (χ1) is 6.92. The summed E-state index contributed by atoms with van der Waals surface area (Å²) in [5, 5.41) is 5.50. The Labute approximate surface area is 89.2 Å². The predicted molar refractivity (Wildman–Crippen MR) is 61.7 cm³/mol. The van der Waals surface area contributed by atoms with Gasteiger partial charge < -0.3 is 5.32 Å². The second-order valence-corrected chi connectivity index (χ2v) is 4.46. The van der Waals surface area contributed by atoms with E-state index in [1.165, 1.54) is 4.88 Å². The number of piperazine rings is 1. The number of nitrogens with one attached hydrogen (secondary N) is 1. The second-order valence-electron chi connectivity index (χ2n) is 3.48. The molecule has 0 radical (unpaired) electrons. The molecule has 0 unspecified atom stereocenters. The molecule has 1 aliphatic heterocycles. The highest BCUT2D eigenvalue weighted by Crippen LogP contribution is 2.25. The van der Waals surface area contributed by atoms with Crippen LogP contribution in [0.3, 0.4) is 0 Å². The lowest BCUT2D eigenvalue weighted by Crippen LogP contribution is -2.44. The Kier molecular flexibility index (Phi) is 3.35. The molecule has 0 aromatic carbocycles. The standard InChI is InChI=1S/C11H16N2S/c1-2-10(11-4-3-9-14-11)13-7-5-12-6-8-13/h2-4,9-10,12H,1,5-8H2/t10-/m0/s1. The minimum Gasteiger partial charge on any atom is -0.314 e. The molecule has 1 aliphatic rings. The molecule has 0 amide bonds. The topological polar surface area (TPSA) is 15.3 Å². The molecular weight excluding hydrogens is 192 g/mol. The van der Waals surface area contributed by atoms with Crippen molar-refractivity contribution < 1.29 is 0 Å². The van der Waals surface area contributed by atoms with Crippen LogP contribution in [0.2, 0.25) is 0 Å². The van der Waals surface area contributed by atoms with Gasteiger partial charge in [0.15, 0.2) is 0 Å². The molecule has 1 atom stereocenters. The summed E-state index contributed by atoms with van der Waals surface area (Å²) < 4.78 is 0. The molecule has 3 heteroatoms. The van der Waals surface area contributed by atoms with Gasteiger partial charge in [-0.15, -0.1) is 17.9 Å². The van der Waals surface area contributed by atoms with Crippen LogP contribution in [0.15, 0.2) is 30.2 Å². The van der Waals surface area contributed by atoms with Crippen LogP contribution in [0.4, 0.5) is 0 Å². The predicted octanol–water partition coefficient (Wildman–Crippen LogP) is 1.88. The summed E-state index contributed by atoms with van der Waals surface area (Å²) >= 11 is 1.82. The quantitative estimate of drug-likeness (QED) is 0.763. The summed E-state index contributed by atoms with van der Waals surface area (Å²) in [6.45, 7) is 8.36. The van der Waals surface area contributed by atoms with E-state index >= 15 is 0 Å². The zero-order valence-corrected chi connectivity index (χ0v) is 9.09. The molecule has 1 aromatic heterocycles. The van der Waals surface area contributed by atoms with E-state index in [-0.39, 0.29) is 0 Å². The van der Waals surface area contributed by atoms with Gasteiger partial charge in [-0.25, -0.2) is 0 Å². The Balaban J connectivity index is 2.08. The Morgan fingerprint density at radius 2 is 2.29 bits per heavy atom. The highest BCUT2D eigenvalue weighted by molar-refractivity contribution is 7.10. The highest BCUT2D eigenvalue weighted by atomic mass is 32.1. The molecule has 1 fully saturated rings. The van der Waals surface area contributed by atoms with Gasteiger partial charge in [0, 0.05) is 31.1 Å². The van der Waals surface area contributed by atoms with Gasteiger partial charge in [-0.3, -0.25) is 4.90 Å². The highest BCUT2D eigenvalue weighted by Gasteiger charge is 2.19. The Bertz CT molecular complexity index is 275. The van der Waals surface area contributed by atoms with Crippen LogP contribution in [-0.4, -0.2) is 31.1 Å². The molecule has 2 heterocycles. The van der Waals surface area contributed by atoms with E-state index in [9.17, 15) is 0 Å². The summed E-state index contributed by atoms with van der Waals surface area (Å²) in [6, 6.07) is 4.72. The first-order valence-corrected chi connectivity index (χ1v) is 5.90. The van der Waals surface area contributed by atoms with Crippen molar-refractivity contribution in [1.29, 1.82) is 0 Å². The summed E-state index contributed by atoms with van der Waals surface area (Å²) in [4.78, 5) is 3.89. The fraction of sp³-hybridized carbons (Fsp3) is 0.455. The molecule has 1 aromatic rings. The summed E-state index contributed by atoms with van der Waals surface area (Å²) in [5.74, 6) is 0. The molecule has 0 bridgehead atoms. The van der Waals surface area contributed by atoms with Crippen molar-refractivity contribution in [2.45, 2.75) is 6.04 Å². The summed E-state index contributed by atoms with van der Waals surface area (Å²) in [6.07, 6.45) is 2.05. The van der Waals surface area contributed by atoms with E-state index in [0.717, 1.165) is 26.2 Å². The minimum atomic E-state index is 0.414. The van der Waals surface area contributed by atoms with Crippen molar-refractivity contribution >= 4 is 11.3 Å². The largest absolute Gasteiger partial charge is 0.314 e. The van der Waals surface area contributed by atoms with Gasteiger partial charge in [0.25, 0.3) is 0 Å². The zero-order valence-electron chi connectivity index (χ0n) is 8.28. The van der Waals surface area contributed by atoms with Crippen molar-refractivity contribution in [1.82, 2.24) is 10.2 Å². The lowest BCUT2D eigenvalue weighted by molar-refractivity contribution is 0.206. The zero-order chi connectivity index (χ0) is 9.80. The van der Waals surface area contributed by atoms with Crippen LogP contribution >= 0.6 is 11.3 Å². The van der Waals surface area contributed by atoms with E-state index in [1.807, 2.05) is 11.3 Å². The fourth-order valence-corrected chi connectivity index (χ4v) is 2.72. The monoisotopic (exact) mass is 208 g/mol. The van der Waals surface area contributed by atoms with Gasteiger partial charge in [-0.2, -0.15) is 0 Å². The van der Waals surface area contributed by atoms with Gasteiger partial charge in [-0.05, 0) is 11.4 Å². The third-order valence-electron chi connectivity index (χ3n) is 2.60. The SMILES string of the molecule is C=C[C@@H](c1cccs1)N1CCNCC1. The number of rotatable bonds is 3. The molecule has 2 rings (SSSR count). The fourth-order valence-electron chi connectivity index (χ4n) is 1.87. The van der Waals surface area contributed by atoms with Gasteiger partial charge in [-0.1, -0.05) is 12.1 Å². The second kappa shape index (κ2) is 4.73. The van der Waals surface area contributed by atoms with Crippen LogP contribution < -0.4 is 5.32 Å². The third kappa shape index (κ3) is 2.05. The number of nitrogens with zero attached hydrogens (tertiary/aromatic N) is 1. The molecule has 0 spiro atoms. The van der Waals surface area contributed by atoms with Crippen LogP contribution in [-0.2, 0) is 0 Å². The third-order valence-corrected chi connectivity index (χ3v) is 3.55. The van der Waals surface area contributed by atoms with E-state index in [2.05, 4.69) is 40.4 Å². The van der Waals surface area contributed by atoms with Gasteiger partial charge in [0.05, 0.1) is 6.04 Å². The molecule has 14 heavy (non-hydrogen) atoms. The Morgan fingerprint density at radius 3 is 2.86 bits per heavy atom. The smallest absolute Gasteiger partial charge is 0.0624 e. The van der Waals surface area contributed by atoms with E-state index < -0.39 is 0 Å². The van der Waals surface area contributed by atoms with Crippen LogP contribution in [0.25, 0.3) is 0 Å². The summed E-state index contributed by atoms with van der Waals surface area (Å²) in [7, 11) is 0. The van der Waals surface area contributed by atoms with E-state index in [0.29, 0.717) is 6.04 Å². The number of thiophene rings is 1. The van der Waals surface area contributed by atoms with Crippen molar-refractivity contribution in [2.75, 3.05) is 26.2 Å². The molecule has 76 valence electrons. The van der Waals surface area contributed by atoms with Crippen molar-refractivity contribution in [3.63, 3.8) is 0 Å². The van der Waals surface area contributed by atoms with Gasteiger partial charge >= 0.3 is 0 Å². The Hall–Kier alpha value is -0.640. The average molecular weight is 208 g/mol. The molecule has 1 N–H and O–H groups in total. The first kappa shape index (κ1) is 9.90. The number of hydrogen-bond donors (Lipinski definition) is 1. The van der Waals surface area contributed by atoms with E-state index in [1.54, 1.807) is 0 Å². The van der Waals surface area contributed by atoms with Crippen molar-refractivity contribution in [3.8, 4) is 0 Å². The molecule has 2 nitrogen and oxygen atoms in total. The lowest BCUT2D eigenvalue weighted by atomic mass is 10.2. The number of hydrogen-bond acceptors (Lipinski definition) is 3. The van der Waals surface area contributed by atoms with Gasteiger partial charge in [0.2, 0.25) is 0 Å². The van der Waals surface area contributed by atoms with Crippen molar-refractivity contribution in [3.05, 3.63) is 35.0 Å². The summed E-state index contributed by atoms with van der Waals surface area (Å²) in [5.41, 5.74) is 0. The van der Waals surface area contributed by atoms with Crippen LogP contribution in [0, 0.1) is 0 Å². The average Bonchev–Trinajstić information content (AvgIpc) is 2.74. The maximum Gasteiger partial charge on any atom is 0.0624 e. The maximum absolute atomic E-state index is 3.94. The van der Waals surface area contributed by atoms with Crippen LogP contribution in [0.5, 0.6) is 0 Å². The Morgan fingerprint density at radius 1 is 1.50 bits per heavy atom. The van der Waals surface area contributed by atoms with Crippen LogP contribution in [0.1, 0.15) is 10.9 Å². The normalized spacial score (nSPS) is 20.6. The lowest BCUT2D eigenvalue weighted by Gasteiger charge is -2.32. The van der Waals surface area contributed by atoms with Crippen molar-refractivity contribution in [2.24, 2.45) is 0 Å². The molecule has 0 aliphatic carbocycles. The maximum atomic E-state index is 3.94. The van der Waals surface area contributed by atoms with Gasteiger partial charge in [0.1, 0.15) is 0 Å². The molecule has 0 saturated carbocycles. The molecule has 1 saturated heterocycles. The minimum absolute atomic E-state index is 0.414. The first-order valence-electron chi connectivity index (χ1n) is 5.02. The molecular formula is C11H16N2S. The van der Waals surface area contributed by atoms with E-state index in [4.69, 9.17) is 0 Å².